The number of fused-ring (bicyclic) bond motifs is 4. The molecule has 0 amide bonds. The van der Waals surface area contributed by atoms with Crippen LogP contribution in [0.4, 0.5) is 0 Å². The maximum Gasteiger partial charge on any atom is 0.332 e. The number of nitrogens with zero attached hydrogens (tertiary/aromatic N) is 2. The number of carbonyl (C=O) groups excluding carboxylic acids is 3. The molecular weight excluding hydrogens is 420 g/mol. The molecule has 0 fully saturated rings. The monoisotopic (exact) mass is 440 g/mol. The lowest BCUT2D eigenvalue weighted by molar-refractivity contribution is -0.141. The van der Waals surface area contributed by atoms with Crippen molar-refractivity contribution in [1.29, 1.82) is 0 Å². The number of ketones is 2. The summed E-state index contributed by atoms with van der Waals surface area (Å²) in [7, 11) is 0. The van der Waals surface area contributed by atoms with E-state index < -0.39 is 11.8 Å². The van der Waals surface area contributed by atoms with Gasteiger partial charge >= 0.3 is 11.9 Å². The normalized spacial score (nSPS) is 14.0. The van der Waals surface area contributed by atoms with Crippen molar-refractivity contribution in [1.82, 2.24) is 4.57 Å². The lowest BCUT2D eigenvalue weighted by Crippen LogP contribution is -2.13. The van der Waals surface area contributed by atoms with Crippen molar-refractivity contribution in [3.05, 3.63) is 76.9 Å². The fourth-order valence-electron chi connectivity index (χ4n) is 4.28. The number of ether oxygens (including phenoxy) is 1. The van der Waals surface area contributed by atoms with Crippen LogP contribution < -0.4 is 4.74 Å². The Hall–Kier alpha value is -4.26. The van der Waals surface area contributed by atoms with Gasteiger partial charge in [-0.05, 0) is 48.8 Å². The lowest BCUT2D eigenvalue weighted by Gasteiger charge is -2.06. The summed E-state index contributed by atoms with van der Waals surface area (Å²) >= 11 is 0. The lowest BCUT2D eigenvalue weighted by atomic mass is 9.97. The molecule has 33 heavy (non-hydrogen) atoms. The Morgan fingerprint density at radius 2 is 1.79 bits per heavy atom. The minimum absolute atomic E-state index is 0.0521. The van der Waals surface area contributed by atoms with E-state index in [9.17, 15) is 14.4 Å². The van der Waals surface area contributed by atoms with E-state index in [4.69, 9.17) is 4.74 Å². The van der Waals surface area contributed by atoms with Crippen LogP contribution >= 0.6 is 0 Å². The van der Waals surface area contributed by atoms with Gasteiger partial charge in [0.25, 0.3) is 5.78 Å². The first kappa shape index (κ1) is 20.6. The Labute approximate surface area is 189 Å². The summed E-state index contributed by atoms with van der Waals surface area (Å²) in [6.45, 7) is 5.82. The molecule has 164 valence electrons. The Kier molecular flexibility index (Phi) is 4.82. The maximum absolute atomic E-state index is 13.2. The van der Waals surface area contributed by atoms with Crippen LogP contribution in [0, 0.1) is 6.92 Å². The third-order valence-electron chi connectivity index (χ3n) is 5.84. The van der Waals surface area contributed by atoms with Crippen LogP contribution in [0.15, 0.2) is 59.8 Å². The molecule has 3 aromatic carbocycles. The third kappa shape index (κ3) is 3.29. The third-order valence-corrected chi connectivity index (χ3v) is 5.84. The fourth-order valence-corrected chi connectivity index (χ4v) is 4.28. The number of aromatic nitrogens is 1. The van der Waals surface area contributed by atoms with Crippen molar-refractivity contribution in [2.75, 3.05) is 0 Å². The average molecular weight is 440 g/mol. The number of hydrogen-bond acceptors (Lipinski definition) is 6. The molecule has 0 bridgehead atoms. The zero-order chi connectivity index (χ0) is 23.3. The molecule has 1 aromatic heterocycles. The van der Waals surface area contributed by atoms with Gasteiger partial charge in [-0.25, -0.2) is 4.79 Å². The molecule has 0 unspecified atom stereocenters. The summed E-state index contributed by atoms with van der Waals surface area (Å²) in [6, 6.07) is 16.7. The van der Waals surface area contributed by atoms with E-state index in [2.05, 4.69) is 14.6 Å². The summed E-state index contributed by atoms with van der Waals surface area (Å²) in [6.07, 6.45) is 0. The van der Waals surface area contributed by atoms with Crippen molar-refractivity contribution in [2.45, 2.75) is 27.3 Å². The Morgan fingerprint density at radius 3 is 2.52 bits per heavy atom. The van der Waals surface area contributed by atoms with Crippen LogP contribution in [-0.4, -0.2) is 28.0 Å². The molecule has 0 spiro atoms. The van der Waals surface area contributed by atoms with Crippen LogP contribution in [0.5, 0.6) is 5.75 Å². The second-order valence-corrected chi connectivity index (χ2v) is 7.90. The molecule has 4 aromatic rings. The summed E-state index contributed by atoms with van der Waals surface area (Å²) < 4.78 is 7.66. The number of rotatable bonds is 4. The molecular formula is C26H20N2O5. The summed E-state index contributed by atoms with van der Waals surface area (Å²) in [5, 5.41) is 5.22. The highest BCUT2D eigenvalue weighted by Gasteiger charge is 2.32. The van der Waals surface area contributed by atoms with E-state index in [1.54, 1.807) is 12.1 Å². The van der Waals surface area contributed by atoms with Gasteiger partial charge in [0.15, 0.2) is 5.78 Å². The van der Waals surface area contributed by atoms with Crippen LogP contribution in [0.2, 0.25) is 0 Å². The molecule has 5 rings (SSSR count). The predicted molar refractivity (Wildman–Crippen MR) is 124 cm³/mol. The van der Waals surface area contributed by atoms with Gasteiger partial charge in [0.2, 0.25) is 0 Å². The first-order chi connectivity index (χ1) is 15.9. The largest absolute Gasteiger partial charge is 0.433 e. The number of oxime groups is 1. The number of aryl methyl sites for hydroxylation is 2. The number of benzene rings is 3. The average Bonchev–Trinajstić information content (AvgIpc) is 3.29. The van der Waals surface area contributed by atoms with Gasteiger partial charge in [-0.15, -0.1) is 0 Å². The van der Waals surface area contributed by atoms with Crippen molar-refractivity contribution < 1.29 is 24.0 Å². The summed E-state index contributed by atoms with van der Waals surface area (Å²) in [4.78, 5) is 41.6. The first-order valence-electron chi connectivity index (χ1n) is 10.6. The SMILES string of the molecule is CCn1c2ccc(C(=O)c3ccccc3C)cc2c2cc3c(cc21)O/C(=N\OC(C)=O)C3=O. The molecule has 0 N–H and O–H groups in total. The molecule has 0 saturated heterocycles. The minimum atomic E-state index is -0.644. The van der Waals surface area contributed by atoms with E-state index in [0.29, 0.717) is 29.0 Å². The molecule has 0 atom stereocenters. The Balaban J connectivity index is 1.67. The number of carbonyl (C=O) groups is 3. The Morgan fingerprint density at radius 1 is 1.03 bits per heavy atom. The van der Waals surface area contributed by atoms with Crippen molar-refractivity contribution in [2.24, 2.45) is 5.16 Å². The van der Waals surface area contributed by atoms with Crippen molar-refractivity contribution >= 4 is 45.2 Å². The van der Waals surface area contributed by atoms with Crippen molar-refractivity contribution in [3.8, 4) is 5.75 Å². The molecule has 0 radical (unpaired) electrons. The van der Waals surface area contributed by atoms with E-state index in [0.717, 1.165) is 27.4 Å². The number of hydrogen-bond donors (Lipinski definition) is 0. The Bertz CT molecular complexity index is 1530. The number of Topliss-reactive ketones (excluding diaryl/α,β-unsaturated/α-hetero) is 1. The molecule has 2 heterocycles. The zero-order valence-corrected chi connectivity index (χ0v) is 18.3. The van der Waals surface area contributed by atoms with E-state index >= 15 is 0 Å². The highest BCUT2D eigenvalue weighted by Crippen LogP contribution is 2.37. The smallest absolute Gasteiger partial charge is 0.332 e. The second-order valence-electron chi connectivity index (χ2n) is 7.90. The van der Waals surface area contributed by atoms with Gasteiger partial charge in [-0.2, -0.15) is 0 Å². The van der Waals surface area contributed by atoms with Gasteiger partial charge in [0.1, 0.15) is 5.75 Å². The highest BCUT2D eigenvalue weighted by atomic mass is 16.7. The first-order valence-corrected chi connectivity index (χ1v) is 10.6. The van der Waals surface area contributed by atoms with E-state index in [-0.39, 0.29) is 11.7 Å². The minimum Gasteiger partial charge on any atom is -0.433 e. The summed E-state index contributed by atoms with van der Waals surface area (Å²) in [5.74, 6) is -1.08. The van der Waals surface area contributed by atoms with Crippen molar-refractivity contribution in [3.63, 3.8) is 0 Å². The predicted octanol–water partition coefficient (Wildman–Crippen LogP) is 4.81. The topological polar surface area (TPSA) is 87.0 Å². The molecule has 0 saturated carbocycles. The fraction of sp³-hybridized carbons (Fsp3) is 0.154. The van der Waals surface area contributed by atoms with E-state index in [1.807, 2.05) is 56.3 Å². The van der Waals surface area contributed by atoms with E-state index in [1.165, 1.54) is 6.92 Å². The summed E-state index contributed by atoms with van der Waals surface area (Å²) in [5.41, 5.74) is 4.31. The van der Waals surface area contributed by atoms with Crippen LogP contribution in [-0.2, 0) is 16.2 Å². The van der Waals surface area contributed by atoms with Crippen LogP contribution in [0.25, 0.3) is 21.8 Å². The van der Waals surface area contributed by atoms with Gasteiger partial charge in [-0.1, -0.05) is 24.3 Å². The maximum atomic E-state index is 13.2. The quantitative estimate of drug-likeness (QED) is 0.258. The van der Waals surface area contributed by atoms with Crippen LogP contribution in [0.1, 0.15) is 45.7 Å². The van der Waals surface area contributed by atoms with Gasteiger partial charge in [0.05, 0.1) is 11.1 Å². The molecule has 7 nitrogen and oxygen atoms in total. The van der Waals surface area contributed by atoms with Gasteiger partial charge in [0, 0.05) is 47.0 Å². The van der Waals surface area contributed by atoms with Gasteiger partial charge in [-0.3, -0.25) is 9.59 Å². The van der Waals surface area contributed by atoms with Crippen LogP contribution in [0.3, 0.4) is 0 Å². The van der Waals surface area contributed by atoms with Gasteiger partial charge < -0.3 is 14.1 Å². The standard InChI is InChI=1S/C26H20N2O5/c1-4-28-21-10-9-16(24(30)17-8-6-5-7-14(17)2)11-18(21)19-12-20-23(13-22(19)28)32-26(25(20)31)27-33-15(3)29/h5-13H,4H2,1-3H3/b27-26-. The zero-order valence-electron chi connectivity index (χ0n) is 18.3. The molecule has 0 aliphatic carbocycles. The molecule has 7 heteroatoms. The second kappa shape index (κ2) is 7.70. The molecule has 1 aliphatic rings. The highest BCUT2D eigenvalue weighted by molar-refractivity contribution is 6.47. The molecule has 1 aliphatic heterocycles.